The zero-order chi connectivity index (χ0) is 14.9. The van der Waals surface area contributed by atoms with Gasteiger partial charge in [-0.15, -0.1) is 0 Å². The van der Waals surface area contributed by atoms with Gasteiger partial charge < -0.3 is 19.1 Å². The number of hydrogen-bond acceptors (Lipinski definition) is 4. The lowest BCUT2D eigenvalue weighted by Gasteiger charge is -2.29. The van der Waals surface area contributed by atoms with Gasteiger partial charge in [-0.1, -0.05) is 33.6 Å². The number of benzene rings is 1. The summed E-state index contributed by atoms with van der Waals surface area (Å²) in [6, 6.07) is 5.55. The van der Waals surface area contributed by atoms with Gasteiger partial charge in [-0.2, -0.15) is 0 Å². The van der Waals surface area contributed by atoms with Crippen LogP contribution in [0.3, 0.4) is 0 Å². The van der Waals surface area contributed by atoms with Crippen molar-refractivity contribution in [1.82, 2.24) is 9.55 Å². The summed E-state index contributed by atoms with van der Waals surface area (Å²) in [6.45, 7) is 0.627. The molecule has 3 rings (SSSR count). The van der Waals surface area contributed by atoms with Crippen LogP contribution in [0.15, 0.2) is 41.4 Å². The van der Waals surface area contributed by atoms with Crippen molar-refractivity contribution < 1.29 is 14.6 Å². The molecule has 1 fully saturated rings. The number of halogens is 2. The van der Waals surface area contributed by atoms with Crippen molar-refractivity contribution in [3.05, 3.63) is 52.0 Å². The highest BCUT2D eigenvalue weighted by atomic mass is 79.9. The molecule has 1 aromatic carbocycles. The summed E-state index contributed by atoms with van der Waals surface area (Å²) in [6.07, 6.45) is 4.84. The highest BCUT2D eigenvalue weighted by molar-refractivity contribution is 9.10. The zero-order valence-corrected chi connectivity index (χ0v) is 13.4. The van der Waals surface area contributed by atoms with Gasteiger partial charge in [0.25, 0.3) is 0 Å². The van der Waals surface area contributed by atoms with Crippen LogP contribution in [-0.4, -0.2) is 34.0 Å². The minimum Gasteiger partial charge on any atom is -0.394 e. The molecule has 1 aromatic heterocycles. The molecule has 0 radical (unpaired) electrons. The fraction of sp³-hybridized carbons (Fsp3) is 0.357. The van der Waals surface area contributed by atoms with Crippen molar-refractivity contribution in [3.8, 4) is 0 Å². The molecule has 1 aliphatic heterocycles. The number of imidazole rings is 1. The maximum absolute atomic E-state index is 9.32. The quantitative estimate of drug-likeness (QED) is 0.895. The third-order valence-corrected chi connectivity index (χ3v) is 4.16. The van der Waals surface area contributed by atoms with Gasteiger partial charge in [-0.3, -0.25) is 0 Å². The van der Waals surface area contributed by atoms with E-state index in [1.54, 1.807) is 18.6 Å². The average molecular weight is 374 g/mol. The standard InChI is InChI=1S/C14H14BrClN2O3/c15-10-1-2-12(13(16)5-10)14(8-18-4-3-17-9-18)20-7-11(6-19)21-14/h1-5,9,11,19H,6-8H2. The van der Waals surface area contributed by atoms with Gasteiger partial charge in [-0.25, -0.2) is 4.98 Å². The lowest BCUT2D eigenvalue weighted by Crippen LogP contribution is -2.34. The third kappa shape index (κ3) is 3.00. The van der Waals surface area contributed by atoms with Crippen LogP contribution in [0.5, 0.6) is 0 Å². The minimum absolute atomic E-state index is 0.0974. The molecule has 0 amide bonds. The van der Waals surface area contributed by atoms with Crippen molar-refractivity contribution in [3.63, 3.8) is 0 Å². The normalized spacial score (nSPS) is 25.4. The zero-order valence-electron chi connectivity index (χ0n) is 11.1. The van der Waals surface area contributed by atoms with Crippen molar-refractivity contribution >= 4 is 27.5 Å². The van der Waals surface area contributed by atoms with Crippen LogP contribution < -0.4 is 0 Å². The van der Waals surface area contributed by atoms with E-state index < -0.39 is 5.79 Å². The molecule has 0 spiro atoms. The second-order valence-electron chi connectivity index (χ2n) is 4.85. The molecule has 2 unspecified atom stereocenters. The van der Waals surface area contributed by atoms with Crippen LogP contribution >= 0.6 is 27.5 Å². The van der Waals surface area contributed by atoms with Crippen molar-refractivity contribution in [2.45, 2.75) is 18.4 Å². The summed E-state index contributed by atoms with van der Waals surface area (Å²) in [4.78, 5) is 4.03. The predicted molar refractivity (Wildman–Crippen MR) is 81.0 cm³/mol. The van der Waals surface area contributed by atoms with Gasteiger partial charge in [0, 0.05) is 22.4 Å². The SMILES string of the molecule is OCC1COC(Cn2ccnc2)(c2ccc(Br)cc2Cl)O1. The highest BCUT2D eigenvalue weighted by Gasteiger charge is 2.44. The second-order valence-corrected chi connectivity index (χ2v) is 6.17. The lowest BCUT2D eigenvalue weighted by molar-refractivity contribution is -0.189. The largest absolute Gasteiger partial charge is 0.394 e. The number of nitrogens with zero attached hydrogens (tertiary/aromatic N) is 2. The molecule has 1 N–H and O–H groups in total. The van der Waals surface area contributed by atoms with Crippen LogP contribution in [0.1, 0.15) is 5.56 Å². The van der Waals surface area contributed by atoms with Crippen LogP contribution in [0.25, 0.3) is 0 Å². The minimum atomic E-state index is -1.02. The number of ether oxygens (including phenoxy) is 2. The first-order valence-electron chi connectivity index (χ1n) is 6.47. The number of aromatic nitrogens is 2. The van der Waals surface area contributed by atoms with Gasteiger partial charge in [0.05, 0.1) is 31.1 Å². The fourth-order valence-electron chi connectivity index (χ4n) is 2.38. The molecule has 0 aliphatic carbocycles. The number of hydrogen-bond donors (Lipinski definition) is 1. The topological polar surface area (TPSA) is 56.5 Å². The molecule has 5 nitrogen and oxygen atoms in total. The molecule has 21 heavy (non-hydrogen) atoms. The van der Waals surface area contributed by atoms with Gasteiger partial charge in [0.15, 0.2) is 0 Å². The van der Waals surface area contributed by atoms with Crippen molar-refractivity contribution in [1.29, 1.82) is 0 Å². The lowest BCUT2D eigenvalue weighted by atomic mass is 10.1. The Balaban J connectivity index is 1.99. The summed E-state index contributed by atoms with van der Waals surface area (Å²) in [7, 11) is 0. The third-order valence-electron chi connectivity index (χ3n) is 3.35. The van der Waals surface area contributed by atoms with Crippen LogP contribution in [0.4, 0.5) is 0 Å². The van der Waals surface area contributed by atoms with E-state index in [9.17, 15) is 5.11 Å². The first kappa shape index (κ1) is 15.0. The Bertz CT molecular complexity index is 623. The number of rotatable bonds is 4. The summed E-state index contributed by atoms with van der Waals surface area (Å²) < 4.78 is 14.6. The van der Waals surface area contributed by atoms with E-state index in [1.165, 1.54) is 0 Å². The Morgan fingerprint density at radius 1 is 1.52 bits per heavy atom. The molecule has 0 bridgehead atoms. The Hall–Kier alpha value is -0.920. The van der Waals surface area contributed by atoms with E-state index in [0.29, 0.717) is 18.2 Å². The first-order valence-corrected chi connectivity index (χ1v) is 7.64. The highest BCUT2D eigenvalue weighted by Crippen LogP contribution is 2.40. The maximum Gasteiger partial charge on any atom is 0.215 e. The number of aliphatic hydroxyl groups is 1. The monoisotopic (exact) mass is 372 g/mol. The van der Waals surface area contributed by atoms with E-state index >= 15 is 0 Å². The Labute approximate surface area is 135 Å². The Morgan fingerprint density at radius 3 is 3.00 bits per heavy atom. The van der Waals surface area contributed by atoms with Gasteiger partial charge >= 0.3 is 0 Å². The van der Waals surface area contributed by atoms with E-state index in [2.05, 4.69) is 20.9 Å². The molecule has 2 heterocycles. The van der Waals surface area contributed by atoms with E-state index in [0.717, 1.165) is 10.0 Å². The fourth-order valence-corrected chi connectivity index (χ4v) is 3.20. The molecule has 1 saturated heterocycles. The molecule has 112 valence electrons. The molecule has 1 aliphatic rings. The smallest absolute Gasteiger partial charge is 0.215 e. The molecule has 2 aromatic rings. The first-order chi connectivity index (χ1) is 10.1. The number of aliphatic hydroxyl groups excluding tert-OH is 1. The van der Waals surface area contributed by atoms with Crippen LogP contribution in [0, 0.1) is 0 Å². The molecular formula is C14H14BrClN2O3. The predicted octanol–water partition coefficient (Wildman–Crippen LogP) is 2.56. The van der Waals surface area contributed by atoms with E-state index in [4.69, 9.17) is 21.1 Å². The summed E-state index contributed by atoms with van der Waals surface area (Å²) in [5.41, 5.74) is 0.733. The van der Waals surface area contributed by atoms with Gasteiger partial charge in [-0.05, 0) is 12.1 Å². The van der Waals surface area contributed by atoms with Crippen molar-refractivity contribution in [2.24, 2.45) is 0 Å². The van der Waals surface area contributed by atoms with Crippen molar-refractivity contribution in [2.75, 3.05) is 13.2 Å². The molecule has 7 heteroatoms. The molecule has 0 saturated carbocycles. The second kappa shape index (κ2) is 6.06. The summed E-state index contributed by atoms with van der Waals surface area (Å²) >= 11 is 9.74. The van der Waals surface area contributed by atoms with E-state index in [1.807, 2.05) is 22.9 Å². The maximum atomic E-state index is 9.32. The van der Waals surface area contributed by atoms with Gasteiger partial charge in [0.2, 0.25) is 5.79 Å². The van der Waals surface area contributed by atoms with Crippen LogP contribution in [0.2, 0.25) is 5.02 Å². The van der Waals surface area contributed by atoms with Crippen LogP contribution in [-0.2, 0) is 21.8 Å². The Kier molecular flexibility index (Phi) is 4.33. The average Bonchev–Trinajstić information content (AvgIpc) is 3.09. The van der Waals surface area contributed by atoms with Gasteiger partial charge in [0.1, 0.15) is 6.10 Å². The molecule has 2 atom stereocenters. The summed E-state index contributed by atoms with van der Waals surface area (Å²) in [5, 5.41) is 9.86. The Morgan fingerprint density at radius 2 is 2.38 bits per heavy atom. The molecular weight excluding hydrogens is 360 g/mol. The summed E-state index contributed by atoms with van der Waals surface area (Å²) in [5.74, 6) is -1.02. The van der Waals surface area contributed by atoms with E-state index in [-0.39, 0.29) is 12.7 Å².